The van der Waals surface area contributed by atoms with Crippen molar-refractivity contribution in [1.29, 1.82) is 0 Å². The molecule has 0 aliphatic carbocycles. The molecule has 18 heavy (non-hydrogen) atoms. The average molecular weight is 326 g/mol. The Labute approximate surface area is 119 Å². The second kappa shape index (κ2) is 4.93. The van der Waals surface area contributed by atoms with Crippen molar-refractivity contribution in [2.24, 2.45) is 11.7 Å². The highest BCUT2D eigenvalue weighted by Gasteiger charge is 2.31. The summed E-state index contributed by atoms with van der Waals surface area (Å²) >= 11 is 5.36. The summed E-state index contributed by atoms with van der Waals surface area (Å²) in [5, 5.41) is 3.48. The van der Waals surface area contributed by atoms with Gasteiger partial charge in [0.05, 0.1) is 6.10 Å². The zero-order valence-electron chi connectivity index (χ0n) is 10.2. The molecule has 3 rings (SSSR count). The maximum atomic E-state index is 6.46. The second-order valence-electron chi connectivity index (χ2n) is 4.86. The molecule has 1 aromatic heterocycles. The first kappa shape index (κ1) is 12.6. The summed E-state index contributed by atoms with van der Waals surface area (Å²) in [6, 6.07) is 6.39. The Morgan fingerprint density at radius 1 is 1.50 bits per heavy atom. The molecular weight excluding hydrogens is 310 g/mol. The van der Waals surface area contributed by atoms with Gasteiger partial charge in [0.15, 0.2) is 0 Å². The first-order valence-corrected chi connectivity index (χ1v) is 7.88. The van der Waals surface area contributed by atoms with Gasteiger partial charge in [-0.1, -0.05) is 12.1 Å². The van der Waals surface area contributed by atoms with Gasteiger partial charge in [0.1, 0.15) is 0 Å². The third-order valence-electron chi connectivity index (χ3n) is 3.84. The molecule has 2 nitrogen and oxygen atoms in total. The standard InChI is InChI=1S/C14H16BrNOS/c1-8-9(5-6-17-8)13(16)11-7-18-14-10(11)3-2-4-12(14)15/h2-4,7-9,13H,5-6,16H2,1H3. The SMILES string of the molecule is CC1OCCC1C(N)c1csc2c(Br)cccc12. The fraction of sp³-hybridized carbons (Fsp3) is 0.429. The van der Waals surface area contributed by atoms with Crippen molar-refractivity contribution < 1.29 is 4.74 Å². The third kappa shape index (κ3) is 2.01. The van der Waals surface area contributed by atoms with Crippen LogP contribution in [0.2, 0.25) is 0 Å². The van der Waals surface area contributed by atoms with Crippen molar-refractivity contribution in [3.05, 3.63) is 33.6 Å². The maximum absolute atomic E-state index is 6.46. The molecule has 0 radical (unpaired) electrons. The van der Waals surface area contributed by atoms with Gasteiger partial charge >= 0.3 is 0 Å². The van der Waals surface area contributed by atoms with Crippen LogP contribution in [0.4, 0.5) is 0 Å². The van der Waals surface area contributed by atoms with Gasteiger partial charge in [-0.2, -0.15) is 0 Å². The Kier molecular flexibility index (Phi) is 3.45. The molecule has 0 spiro atoms. The van der Waals surface area contributed by atoms with Crippen LogP contribution in [0, 0.1) is 5.92 Å². The number of halogens is 1. The van der Waals surface area contributed by atoms with Crippen LogP contribution in [0.1, 0.15) is 24.9 Å². The quantitative estimate of drug-likeness (QED) is 0.902. The smallest absolute Gasteiger partial charge is 0.0594 e. The predicted octanol–water partition coefficient (Wildman–Crippen LogP) is 4.09. The number of hydrogen-bond acceptors (Lipinski definition) is 3. The summed E-state index contributed by atoms with van der Waals surface area (Å²) < 4.78 is 8.07. The molecule has 4 heteroatoms. The lowest BCUT2D eigenvalue weighted by molar-refractivity contribution is 0.0996. The van der Waals surface area contributed by atoms with E-state index in [0.29, 0.717) is 5.92 Å². The highest BCUT2D eigenvalue weighted by molar-refractivity contribution is 9.10. The van der Waals surface area contributed by atoms with E-state index in [-0.39, 0.29) is 12.1 Å². The Morgan fingerprint density at radius 2 is 2.33 bits per heavy atom. The number of rotatable bonds is 2. The van der Waals surface area contributed by atoms with Gasteiger partial charge in [-0.05, 0) is 51.7 Å². The molecule has 3 atom stereocenters. The monoisotopic (exact) mass is 325 g/mol. The number of thiophene rings is 1. The van der Waals surface area contributed by atoms with Crippen LogP contribution in [0.15, 0.2) is 28.1 Å². The molecule has 96 valence electrons. The number of fused-ring (bicyclic) bond motifs is 1. The van der Waals surface area contributed by atoms with Crippen LogP contribution in [0.25, 0.3) is 10.1 Å². The zero-order chi connectivity index (χ0) is 12.7. The Morgan fingerprint density at radius 3 is 3.06 bits per heavy atom. The summed E-state index contributed by atoms with van der Waals surface area (Å²) in [5.41, 5.74) is 7.73. The largest absolute Gasteiger partial charge is 0.378 e. The minimum atomic E-state index is 0.0746. The Balaban J connectivity index is 2.01. The van der Waals surface area contributed by atoms with E-state index in [4.69, 9.17) is 10.5 Å². The van der Waals surface area contributed by atoms with Gasteiger partial charge in [-0.25, -0.2) is 0 Å². The van der Waals surface area contributed by atoms with E-state index in [1.165, 1.54) is 15.6 Å². The summed E-state index contributed by atoms with van der Waals surface area (Å²) in [4.78, 5) is 0. The molecular formula is C14H16BrNOS. The highest BCUT2D eigenvalue weighted by Crippen LogP contribution is 2.39. The molecule has 2 aromatic rings. The molecule has 0 amide bonds. The van der Waals surface area contributed by atoms with Gasteiger partial charge < -0.3 is 10.5 Å². The van der Waals surface area contributed by atoms with E-state index >= 15 is 0 Å². The summed E-state index contributed by atoms with van der Waals surface area (Å²) in [5.74, 6) is 0.432. The molecule has 2 heterocycles. The summed E-state index contributed by atoms with van der Waals surface area (Å²) in [7, 11) is 0. The number of ether oxygens (including phenoxy) is 1. The Bertz CT molecular complexity index is 568. The maximum Gasteiger partial charge on any atom is 0.0594 e. The number of nitrogens with two attached hydrogens (primary N) is 1. The van der Waals surface area contributed by atoms with Gasteiger partial charge in [0.2, 0.25) is 0 Å². The number of hydrogen-bond donors (Lipinski definition) is 1. The van der Waals surface area contributed by atoms with Crippen LogP contribution < -0.4 is 5.73 Å². The molecule has 1 aromatic carbocycles. The van der Waals surface area contributed by atoms with E-state index in [1.54, 1.807) is 11.3 Å². The lowest BCUT2D eigenvalue weighted by Crippen LogP contribution is -2.26. The van der Waals surface area contributed by atoms with Crippen molar-refractivity contribution in [3.8, 4) is 0 Å². The topological polar surface area (TPSA) is 35.2 Å². The fourth-order valence-corrected chi connectivity index (χ4v) is 4.42. The van der Waals surface area contributed by atoms with Crippen LogP contribution >= 0.6 is 27.3 Å². The minimum Gasteiger partial charge on any atom is -0.378 e. The normalized spacial score (nSPS) is 25.7. The minimum absolute atomic E-state index is 0.0746. The van der Waals surface area contributed by atoms with Gasteiger partial charge in [0, 0.05) is 27.7 Å². The van der Waals surface area contributed by atoms with Gasteiger partial charge in [-0.3, -0.25) is 0 Å². The van der Waals surface area contributed by atoms with Crippen LogP contribution in [0.5, 0.6) is 0 Å². The van der Waals surface area contributed by atoms with E-state index in [1.807, 2.05) is 0 Å². The van der Waals surface area contributed by atoms with Gasteiger partial charge in [0.25, 0.3) is 0 Å². The average Bonchev–Trinajstić information content (AvgIpc) is 2.95. The van der Waals surface area contributed by atoms with Crippen molar-refractivity contribution >= 4 is 37.4 Å². The summed E-state index contributed by atoms with van der Waals surface area (Å²) in [6.45, 7) is 2.97. The first-order chi connectivity index (χ1) is 8.68. The molecule has 0 saturated carbocycles. The van der Waals surface area contributed by atoms with Crippen molar-refractivity contribution in [3.63, 3.8) is 0 Å². The van der Waals surface area contributed by atoms with Crippen LogP contribution in [0.3, 0.4) is 0 Å². The van der Waals surface area contributed by atoms with Crippen molar-refractivity contribution in [1.82, 2.24) is 0 Å². The number of benzene rings is 1. The molecule has 2 N–H and O–H groups in total. The zero-order valence-corrected chi connectivity index (χ0v) is 12.6. The highest BCUT2D eigenvalue weighted by atomic mass is 79.9. The molecule has 1 aliphatic heterocycles. The van der Waals surface area contributed by atoms with Gasteiger partial charge in [-0.15, -0.1) is 11.3 Å². The van der Waals surface area contributed by atoms with E-state index in [0.717, 1.165) is 17.5 Å². The van der Waals surface area contributed by atoms with Crippen LogP contribution in [-0.4, -0.2) is 12.7 Å². The Hall–Kier alpha value is -0.420. The van der Waals surface area contributed by atoms with Crippen molar-refractivity contribution in [2.75, 3.05) is 6.61 Å². The lowest BCUT2D eigenvalue weighted by atomic mass is 9.89. The second-order valence-corrected chi connectivity index (χ2v) is 6.60. The fourth-order valence-electron chi connectivity index (χ4n) is 2.75. The molecule has 1 fully saturated rings. The van der Waals surface area contributed by atoms with Crippen molar-refractivity contribution in [2.45, 2.75) is 25.5 Å². The molecule has 1 saturated heterocycles. The molecule has 0 bridgehead atoms. The van der Waals surface area contributed by atoms with Crippen LogP contribution in [-0.2, 0) is 4.74 Å². The van der Waals surface area contributed by atoms with E-state index in [2.05, 4.69) is 46.4 Å². The predicted molar refractivity (Wildman–Crippen MR) is 80.0 cm³/mol. The first-order valence-electron chi connectivity index (χ1n) is 6.21. The molecule has 3 unspecified atom stereocenters. The van der Waals surface area contributed by atoms with E-state index in [9.17, 15) is 0 Å². The molecule has 1 aliphatic rings. The third-order valence-corrected chi connectivity index (χ3v) is 5.81. The summed E-state index contributed by atoms with van der Waals surface area (Å²) in [6.07, 6.45) is 1.33. The lowest BCUT2D eigenvalue weighted by Gasteiger charge is -2.21. The van der Waals surface area contributed by atoms with E-state index < -0.39 is 0 Å².